The van der Waals surface area contributed by atoms with Crippen LogP contribution in [0.1, 0.15) is 63.6 Å². The first-order valence-corrected chi connectivity index (χ1v) is 29.7. The van der Waals surface area contributed by atoms with E-state index in [1.54, 1.807) is 23.9 Å². The summed E-state index contributed by atoms with van der Waals surface area (Å²) in [5.41, 5.74) is 12.5. The molecule has 3 saturated heterocycles. The van der Waals surface area contributed by atoms with Crippen molar-refractivity contribution in [1.29, 1.82) is 0 Å². The summed E-state index contributed by atoms with van der Waals surface area (Å²) in [4.78, 5) is 40.4. The molecule has 0 aliphatic carbocycles. The number of nitrogens with one attached hydrogen (secondary N) is 2. The number of para-hydroxylation sites is 1. The van der Waals surface area contributed by atoms with Gasteiger partial charge in [-0.2, -0.15) is 13.0 Å². The number of carbonyl (C=O) groups excluding carboxylic acids is 3. The maximum atomic E-state index is 13.9. The van der Waals surface area contributed by atoms with E-state index in [0.717, 1.165) is 100 Å². The molecule has 8 rings (SSSR count). The topological polar surface area (TPSA) is 199 Å². The van der Waals surface area contributed by atoms with E-state index in [1.807, 2.05) is 86.1 Å². The number of allylic oxidation sites excluding steroid dienone is 7. The molecular weight excluding hydrogens is 997 g/mol. The van der Waals surface area contributed by atoms with E-state index < -0.39 is 25.6 Å². The molecule has 3 aromatic rings. The molecule has 16 nitrogen and oxygen atoms in total. The number of piperazine rings is 3. The number of nitrogens with zero attached hydrogens (tertiary/aromatic N) is 5. The van der Waals surface area contributed by atoms with Crippen LogP contribution in [0.2, 0.25) is 0 Å². The number of nitrogens with two attached hydrogens (primary N) is 1. The molecule has 0 unspecified atom stereocenters. The molecule has 3 aromatic carbocycles. The van der Waals surface area contributed by atoms with Crippen LogP contribution in [-0.4, -0.2) is 161 Å². The number of benzene rings is 3. The van der Waals surface area contributed by atoms with Crippen molar-refractivity contribution in [3.63, 3.8) is 0 Å². The summed E-state index contributed by atoms with van der Waals surface area (Å²) in [6, 6.07) is 21.1. The Morgan fingerprint density at radius 1 is 0.878 bits per heavy atom. The van der Waals surface area contributed by atoms with Gasteiger partial charge >= 0.3 is 0 Å². The number of thioether (sulfide) groups is 1. The van der Waals surface area contributed by atoms with Crippen molar-refractivity contribution in [3.05, 3.63) is 130 Å². The van der Waals surface area contributed by atoms with Crippen molar-refractivity contribution in [1.82, 2.24) is 9.62 Å². The normalized spacial score (nSPS) is 21.8. The number of quaternary nitrogens is 2. The van der Waals surface area contributed by atoms with Gasteiger partial charge in [0.2, 0.25) is 27.5 Å². The third-order valence-electron chi connectivity index (χ3n) is 15.6. The standard InChI is InChI=1S/C55H72N8O8S3/c1-54(2)45-16-8-9-17-48(45)61(29-13-37-73(67,68)69)50(54)19-11-15-43(72-7)14-10-18-49-55(3,4)46-38-44(25-26-47(46)60(49)6)74(70,71)59(5)28-12-20-52(65)57-39-53(66)58-42-23-21-41(22-24-42)27-30-62-31-34-63(35-32-62,36-33-62)40-51(56)64/h8-11,14-19,21-26,38H,12-13,20,27-37,39-40H2,1-7H3,(H2-3,56,57,58,64,65,66,67,68,69)/p+3. The van der Waals surface area contributed by atoms with Crippen LogP contribution in [0.5, 0.6) is 0 Å². The molecule has 0 aromatic heterocycles. The number of hydrogen-bond donors (Lipinski definition) is 4. The summed E-state index contributed by atoms with van der Waals surface area (Å²) in [6.07, 6.45) is 15.7. The number of rotatable bonds is 23. The third-order valence-corrected chi connectivity index (χ3v) is 19.0. The highest BCUT2D eigenvalue weighted by atomic mass is 32.2. The lowest BCUT2D eigenvalue weighted by Crippen LogP contribution is -2.76. The second kappa shape index (κ2) is 22.8. The number of hydrogen-bond acceptors (Lipinski definition) is 9. The van der Waals surface area contributed by atoms with Crippen molar-refractivity contribution in [3.8, 4) is 0 Å². The minimum Gasteiger partial charge on any atom is -0.365 e. The fourth-order valence-corrected chi connectivity index (χ4v) is 13.3. The van der Waals surface area contributed by atoms with E-state index in [0.29, 0.717) is 18.8 Å². The van der Waals surface area contributed by atoms with Crippen LogP contribution in [0.25, 0.3) is 0 Å². The number of primary amides is 1. The fourth-order valence-electron chi connectivity index (χ4n) is 11.1. The summed E-state index contributed by atoms with van der Waals surface area (Å²) >= 11 is 1.60. The minimum atomic E-state index is -4.07. The summed E-state index contributed by atoms with van der Waals surface area (Å²) in [6.45, 7) is 16.4. The molecule has 0 atom stereocenters. The van der Waals surface area contributed by atoms with Gasteiger partial charge in [0.25, 0.3) is 16.0 Å². The zero-order chi connectivity index (χ0) is 53.7. The quantitative estimate of drug-likeness (QED) is 0.0387. The van der Waals surface area contributed by atoms with E-state index in [9.17, 15) is 35.8 Å². The van der Waals surface area contributed by atoms with E-state index in [1.165, 1.54) is 16.9 Å². The van der Waals surface area contributed by atoms with E-state index in [4.69, 9.17) is 5.73 Å². The van der Waals surface area contributed by atoms with Crippen LogP contribution in [0.15, 0.2) is 119 Å². The van der Waals surface area contributed by atoms with Gasteiger partial charge in [-0.3, -0.25) is 18.9 Å². The maximum absolute atomic E-state index is 13.9. The lowest BCUT2D eigenvalue weighted by Gasteiger charge is -2.55. The number of fused-ring (bicyclic) bond motifs is 5. The van der Waals surface area contributed by atoms with Crippen LogP contribution in [-0.2, 0) is 51.8 Å². The molecule has 0 spiro atoms. The van der Waals surface area contributed by atoms with Gasteiger partial charge in [0, 0.05) is 78.1 Å². The molecule has 0 radical (unpaired) electrons. The largest absolute Gasteiger partial charge is 0.365 e. The van der Waals surface area contributed by atoms with Gasteiger partial charge in [0.05, 0.1) is 29.2 Å². The molecular formula is C55H75N8O8S3+3. The Labute approximate surface area is 442 Å². The Balaban J connectivity index is 0.873. The highest BCUT2D eigenvalue weighted by Gasteiger charge is 2.49. The molecule has 3 fully saturated rings. The van der Waals surface area contributed by atoms with Crippen LogP contribution in [0.4, 0.5) is 17.1 Å². The Bertz CT molecular complexity index is 2990. The molecule has 5 N–H and O–H groups in total. The number of sulfonamides is 1. The Kier molecular flexibility index (Phi) is 17.4. The molecule has 5 aliphatic heterocycles. The molecule has 3 amide bonds. The van der Waals surface area contributed by atoms with Crippen molar-refractivity contribution in [2.45, 2.75) is 69.1 Å². The van der Waals surface area contributed by atoms with Gasteiger partial charge in [-0.25, -0.2) is 12.7 Å². The van der Waals surface area contributed by atoms with Gasteiger partial charge < -0.3 is 30.2 Å². The number of anilines is 2. The third kappa shape index (κ3) is 13.0. The lowest BCUT2D eigenvalue weighted by molar-refractivity contribution is -1.08. The van der Waals surface area contributed by atoms with Gasteiger partial charge in [-0.1, -0.05) is 56.3 Å². The van der Waals surface area contributed by atoms with Crippen LogP contribution >= 0.6 is 11.8 Å². The van der Waals surface area contributed by atoms with E-state index in [2.05, 4.69) is 66.0 Å². The number of amides is 3. The first-order chi connectivity index (χ1) is 34.9. The van der Waals surface area contributed by atoms with Crippen LogP contribution < -0.4 is 21.3 Å². The summed E-state index contributed by atoms with van der Waals surface area (Å²) < 4.78 is 65.4. The van der Waals surface area contributed by atoms with Crippen molar-refractivity contribution in [2.24, 2.45) is 5.73 Å². The SMILES string of the molecule is CSC(=C\C=C\C1=[N+](C)c2ccc(S(=O)(=O)N(C)CCCC(=O)NCC(=O)Nc3ccc(CC[N+]45CC[N+](CC(N)=O)(CC4)CC5)cc3)cc2C1(C)C)/C=C/C=C1/N(CCCS(=O)(=O)O)c2ccccc2C1(C)C. The lowest BCUT2D eigenvalue weighted by atomic mass is 9.81. The first-order valence-electron chi connectivity index (χ1n) is 25.4. The average Bonchev–Trinajstić information content (AvgIpc) is 3.69. The molecule has 5 aliphatic rings. The van der Waals surface area contributed by atoms with Crippen molar-refractivity contribution in [2.75, 3.05) is 108 Å². The fraction of sp³-hybridized carbons (Fsp3) is 0.455. The van der Waals surface area contributed by atoms with E-state index in [-0.39, 0.29) is 66.1 Å². The summed E-state index contributed by atoms with van der Waals surface area (Å²) in [5.74, 6) is -1.23. The van der Waals surface area contributed by atoms with Crippen molar-refractivity contribution < 1.29 is 49.3 Å². The Morgan fingerprint density at radius 3 is 2.22 bits per heavy atom. The van der Waals surface area contributed by atoms with Gasteiger partial charge in [-0.05, 0) is 92.6 Å². The summed E-state index contributed by atoms with van der Waals surface area (Å²) in [7, 11) is -4.49. The maximum Gasteiger partial charge on any atom is 0.272 e. The van der Waals surface area contributed by atoms with Crippen LogP contribution in [0.3, 0.4) is 0 Å². The molecule has 74 heavy (non-hydrogen) atoms. The summed E-state index contributed by atoms with van der Waals surface area (Å²) in [5, 5.41) is 5.50. The van der Waals surface area contributed by atoms with Crippen LogP contribution in [0, 0.1) is 0 Å². The average molecular weight is 1070 g/mol. The van der Waals surface area contributed by atoms with E-state index >= 15 is 0 Å². The predicted octanol–water partition coefficient (Wildman–Crippen LogP) is 5.86. The molecule has 5 heterocycles. The van der Waals surface area contributed by atoms with Crippen molar-refractivity contribution >= 4 is 72.4 Å². The minimum absolute atomic E-state index is 0.0490. The predicted molar refractivity (Wildman–Crippen MR) is 296 cm³/mol. The van der Waals surface area contributed by atoms with Gasteiger partial charge in [0.1, 0.15) is 46.3 Å². The highest BCUT2D eigenvalue weighted by Crippen LogP contribution is 2.48. The number of carbonyl (C=O) groups is 3. The zero-order valence-corrected chi connectivity index (χ0v) is 46.4. The molecule has 398 valence electrons. The smallest absolute Gasteiger partial charge is 0.272 e. The zero-order valence-electron chi connectivity index (χ0n) is 44.0. The molecule has 2 bridgehead atoms. The van der Waals surface area contributed by atoms with Gasteiger partial charge in [-0.15, -0.1) is 11.8 Å². The second-order valence-electron chi connectivity index (χ2n) is 21.3. The molecule has 19 heteroatoms. The first kappa shape index (κ1) is 56.3. The Morgan fingerprint density at radius 2 is 1.55 bits per heavy atom. The second-order valence-corrected chi connectivity index (χ2v) is 25.8. The monoisotopic (exact) mass is 1070 g/mol. The molecule has 0 saturated carbocycles. The highest BCUT2D eigenvalue weighted by molar-refractivity contribution is 8.02. The van der Waals surface area contributed by atoms with Gasteiger partial charge in [0.15, 0.2) is 12.3 Å². The Hall–Kier alpha value is -5.41.